The van der Waals surface area contributed by atoms with Crippen molar-refractivity contribution in [3.8, 4) is 11.8 Å². The number of hydrogen-bond donors (Lipinski definition) is 0. The topological polar surface area (TPSA) is 36.3 Å². The van der Waals surface area contributed by atoms with Crippen LogP contribution in [0, 0.1) is 11.3 Å². The van der Waals surface area contributed by atoms with Crippen molar-refractivity contribution in [1.29, 1.82) is 5.26 Å². The maximum absolute atomic E-state index is 9.22. The summed E-state index contributed by atoms with van der Waals surface area (Å²) in [6, 6.07) is 47.1. The maximum Gasteiger partial charge on any atom is 0.118 e. The van der Waals surface area contributed by atoms with E-state index >= 15 is 0 Å². The van der Waals surface area contributed by atoms with Crippen molar-refractivity contribution in [3.63, 3.8) is 0 Å². The van der Waals surface area contributed by atoms with Crippen molar-refractivity contribution in [2.45, 2.75) is 19.4 Å². The Balaban J connectivity index is 1.26. The van der Waals surface area contributed by atoms with Crippen LogP contribution in [0.3, 0.4) is 0 Å². The first kappa shape index (κ1) is 26.9. The summed E-state index contributed by atoms with van der Waals surface area (Å²) in [6.45, 7) is 0.755. The second-order valence-corrected chi connectivity index (χ2v) is 10.4. The number of methoxy groups -OCH3 is 1. The fourth-order valence-corrected chi connectivity index (χ4v) is 5.55. The predicted molar refractivity (Wildman–Crippen MR) is 176 cm³/mol. The van der Waals surface area contributed by atoms with Crippen LogP contribution < -0.4 is 9.64 Å². The van der Waals surface area contributed by atoms with Crippen LogP contribution in [-0.2, 0) is 13.0 Å². The number of hydrogen-bond acceptors (Lipinski definition) is 3. The molecule has 6 rings (SSSR count). The number of aryl methyl sites for hydroxylation is 1. The van der Waals surface area contributed by atoms with Crippen molar-refractivity contribution in [2.24, 2.45) is 0 Å². The Morgan fingerprint density at radius 3 is 2.10 bits per heavy atom. The summed E-state index contributed by atoms with van der Waals surface area (Å²) in [5, 5.41) is 14.1. The minimum Gasteiger partial charge on any atom is -0.497 e. The molecule has 0 unspecified atom stereocenters. The molecular formula is C39H32N2O. The van der Waals surface area contributed by atoms with Crippen molar-refractivity contribution in [2.75, 3.05) is 12.0 Å². The SMILES string of the molecule is COc1ccc(CN(c2ccccc2)c2ccc(C=Cc3ccc4c(CCC#N)c5ccccc5cc4c3)cc2)cc1. The molecule has 0 saturated carbocycles. The van der Waals surface area contributed by atoms with Crippen LogP contribution in [0.25, 0.3) is 33.7 Å². The van der Waals surface area contributed by atoms with E-state index in [1.165, 1.54) is 32.7 Å². The molecule has 0 aliphatic heterocycles. The molecule has 0 radical (unpaired) electrons. The number of nitrogens with zero attached hydrogens (tertiary/aromatic N) is 2. The van der Waals surface area contributed by atoms with Gasteiger partial charge in [0, 0.05) is 24.3 Å². The normalized spacial score (nSPS) is 11.1. The van der Waals surface area contributed by atoms with E-state index in [1.807, 2.05) is 18.2 Å². The summed E-state index contributed by atoms with van der Waals surface area (Å²) in [6.07, 6.45) is 5.61. The highest BCUT2D eigenvalue weighted by molar-refractivity contribution is 6.03. The third kappa shape index (κ3) is 5.89. The average molecular weight is 545 g/mol. The molecule has 3 heteroatoms. The van der Waals surface area contributed by atoms with Crippen LogP contribution in [0.15, 0.2) is 127 Å². The van der Waals surface area contributed by atoms with Crippen molar-refractivity contribution >= 4 is 45.1 Å². The first-order valence-corrected chi connectivity index (χ1v) is 14.3. The molecule has 0 heterocycles. The summed E-state index contributed by atoms with van der Waals surface area (Å²) in [5.74, 6) is 0.861. The van der Waals surface area contributed by atoms with Crippen LogP contribution in [0.2, 0.25) is 0 Å². The van der Waals surface area contributed by atoms with Gasteiger partial charge in [0.2, 0.25) is 0 Å². The molecule has 0 spiro atoms. The van der Waals surface area contributed by atoms with Crippen LogP contribution in [0.1, 0.15) is 28.7 Å². The Labute approximate surface area is 247 Å². The maximum atomic E-state index is 9.22. The lowest BCUT2D eigenvalue weighted by atomic mass is 9.93. The third-order valence-corrected chi connectivity index (χ3v) is 7.73. The second kappa shape index (κ2) is 12.5. The Morgan fingerprint density at radius 2 is 1.33 bits per heavy atom. The highest BCUT2D eigenvalue weighted by Gasteiger charge is 2.11. The fourth-order valence-electron chi connectivity index (χ4n) is 5.55. The number of fused-ring (bicyclic) bond motifs is 2. The number of para-hydroxylation sites is 1. The fraction of sp³-hybridized carbons (Fsp3) is 0.103. The van der Waals surface area contributed by atoms with E-state index in [4.69, 9.17) is 4.74 Å². The lowest BCUT2D eigenvalue weighted by molar-refractivity contribution is 0.414. The van der Waals surface area contributed by atoms with Crippen LogP contribution >= 0.6 is 0 Å². The number of anilines is 2. The number of nitriles is 1. The van der Waals surface area contributed by atoms with Gasteiger partial charge >= 0.3 is 0 Å². The summed E-state index contributed by atoms with van der Waals surface area (Å²) >= 11 is 0. The number of rotatable bonds is 9. The molecule has 0 fully saturated rings. The van der Waals surface area contributed by atoms with E-state index in [1.54, 1.807) is 7.11 Å². The Morgan fingerprint density at radius 1 is 0.667 bits per heavy atom. The molecule has 0 aromatic heterocycles. The molecule has 0 atom stereocenters. The van der Waals surface area contributed by atoms with Gasteiger partial charge in [-0.2, -0.15) is 5.26 Å². The molecule has 3 nitrogen and oxygen atoms in total. The predicted octanol–water partition coefficient (Wildman–Crippen LogP) is 9.97. The zero-order valence-corrected chi connectivity index (χ0v) is 23.7. The van der Waals surface area contributed by atoms with Crippen LogP contribution in [-0.4, -0.2) is 7.11 Å². The van der Waals surface area contributed by atoms with E-state index in [9.17, 15) is 5.26 Å². The van der Waals surface area contributed by atoms with Gasteiger partial charge in [0.15, 0.2) is 0 Å². The van der Waals surface area contributed by atoms with Crippen molar-refractivity contribution < 1.29 is 4.74 Å². The molecule has 0 saturated heterocycles. The van der Waals surface area contributed by atoms with E-state index in [-0.39, 0.29) is 0 Å². The molecule has 0 aliphatic carbocycles. The number of ether oxygens (including phenoxy) is 1. The summed E-state index contributed by atoms with van der Waals surface area (Å²) in [4.78, 5) is 2.33. The van der Waals surface area contributed by atoms with Gasteiger partial charge in [-0.05, 0) is 98.8 Å². The number of benzene rings is 6. The van der Waals surface area contributed by atoms with Gasteiger partial charge in [0.25, 0.3) is 0 Å². The first-order valence-electron chi connectivity index (χ1n) is 14.3. The quantitative estimate of drug-likeness (QED) is 0.134. The second-order valence-electron chi connectivity index (χ2n) is 10.4. The Bertz CT molecular complexity index is 1880. The summed E-state index contributed by atoms with van der Waals surface area (Å²) in [5.41, 5.74) is 7.05. The van der Waals surface area contributed by atoms with E-state index in [2.05, 4.69) is 132 Å². The average Bonchev–Trinajstić information content (AvgIpc) is 3.05. The molecule has 6 aromatic rings. The van der Waals surface area contributed by atoms with Crippen molar-refractivity contribution in [1.82, 2.24) is 0 Å². The standard InChI is InChI=1S/C39H32N2O/c1-42-36-22-17-31(18-23-36)28-41(34-9-3-2-4-10-34)35-20-15-29(16-21-35)13-14-30-19-24-38-33(26-30)27-32-8-5-6-11-37(32)39(38)12-7-25-40/h2-6,8-11,13-24,26-27H,7,12,28H2,1H3. The smallest absolute Gasteiger partial charge is 0.118 e. The molecule has 0 bridgehead atoms. The van der Waals surface area contributed by atoms with Crippen LogP contribution in [0.4, 0.5) is 11.4 Å². The first-order chi connectivity index (χ1) is 20.7. The highest BCUT2D eigenvalue weighted by atomic mass is 16.5. The lowest BCUT2D eigenvalue weighted by Crippen LogP contribution is -2.16. The highest BCUT2D eigenvalue weighted by Crippen LogP contribution is 2.31. The third-order valence-electron chi connectivity index (χ3n) is 7.73. The molecular weight excluding hydrogens is 512 g/mol. The van der Waals surface area contributed by atoms with Gasteiger partial charge in [-0.1, -0.05) is 91.0 Å². The minimum atomic E-state index is 0.516. The monoisotopic (exact) mass is 544 g/mol. The summed E-state index contributed by atoms with van der Waals surface area (Å²) < 4.78 is 5.34. The van der Waals surface area contributed by atoms with E-state index in [0.717, 1.165) is 41.2 Å². The van der Waals surface area contributed by atoms with Gasteiger partial charge in [0.05, 0.1) is 13.2 Å². The van der Waals surface area contributed by atoms with Gasteiger partial charge in [-0.3, -0.25) is 0 Å². The zero-order chi connectivity index (χ0) is 28.7. The minimum absolute atomic E-state index is 0.516. The molecule has 6 aromatic carbocycles. The molecule has 0 aliphatic rings. The van der Waals surface area contributed by atoms with Gasteiger partial charge in [-0.15, -0.1) is 0 Å². The van der Waals surface area contributed by atoms with Gasteiger partial charge < -0.3 is 9.64 Å². The van der Waals surface area contributed by atoms with E-state index in [0.29, 0.717) is 6.42 Å². The van der Waals surface area contributed by atoms with E-state index < -0.39 is 0 Å². The Kier molecular flexibility index (Phi) is 7.97. The summed E-state index contributed by atoms with van der Waals surface area (Å²) in [7, 11) is 1.69. The molecule has 0 amide bonds. The lowest BCUT2D eigenvalue weighted by Gasteiger charge is -2.25. The molecule has 42 heavy (non-hydrogen) atoms. The Hall–Kier alpha value is -5.33. The van der Waals surface area contributed by atoms with Gasteiger partial charge in [-0.25, -0.2) is 0 Å². The van der Waals surface area contributed by atoms with Gasteiger partial charge in [0.1, 0.15) is 5.75 Å². The zero-order valence-electron chi connectivity index (χ0n) is 23.7. The van der Waals surface area contributed by atoms with Crippen LogP contribution in [0.5, 0.6) is 5.75 Å². The molecule has 0 N–H and O–H groups in total. The largest absolute Gasteiger partial charge is 0.497 e. The van der Waals surface area contributed by atoms with Crippen molar-refractivity contribution in [3.05, 3.63) is 150 Å². The molecule has 204 valence electrons.